The zero-order chi connectivity index (χ0) is 11.9. The maximum Gasteiger partial charge on any atom is 0.427 e. The molecule has 2 nitrogen and oxygen atoms in total. The number of hydrogen-bond donors (Lipinski definition) is 0. The normalized spacial score (nSPS) is 18.7. The van der Waals surface area contributed by atoms with E-state index < -0.39 is 25.1 Å². The van der Waals surface area contributed by atoms with E-state index in [1.807, 2.05) is 0 Å². The summed E-state index contributed by atoms with van der Waals surface area (Å²) in [5.41, 5.74) is 0. The minimum Gasteiger partial charge on any atom is -0.361 e. The van der Waals surface area contributed by atoms with Crippen molar-refractivity contribution in [3.8, 4) is 0 Å². The number of hydrogen-bond acceptors (Lipinski definition) is 2. The van der Waals surface area contributed by atoms with Crippen LogP contribution in [0.15, 0.2) is 12.4 Å². The molecular weight excluding hydrogens is 306 g/mol. The first-order valence-corrected chi connectivity index (χ1v) is 3.89. The van der Waals surface area contributed by atoms with Gasteiger partial charge in [-0.25, -0.2) is 4.39 Å². The van der Waals surface area contributed by atoms with Gasteiger partial charge in [0.05, 0.1) is 6.67 Å². The second kappa shape index (κ2) is 4.72. The van der Waals surface area contributed by atoms with Crippen molar-refractivity contribution in [3.63, 3.8) is 0 Å². The number of nitrogens with zero attached hydrogens (tertiary/aromatic N) is 2. The lowest BCUT2D eigenvalue weighted by molar-refractivity contribution is -0.281. The van der Waals surface area contributed by atoms with Gasteiger partial charge < -0.3 is 4.90 Å². The Labute approximate surface area is 98.3 Å². The molecule has 0 aliphatic carbocycles. The van der Waals surface area contributed by atoms with E-state index in [9.17, 15) is 26.3 Å². The Morgan fingerprint density at radius 2 is 1.62 bits per heavy atom. The van der Waals surface area contributed by atoms with Gasteiger partial charge in [0.25, 0.3) is 6.17 Å². The molecule has 0 saturated heterocycles. The molecule has 0 aromatic rings. The first-order valence-electron chi connectivity index (χ1n) is 3.89. The minimum atomic E-state index is -5.57. The quantitative estimate of drug-likeness (QED) is 0.571. The van der Waals surface area contributed by atoms with Gasteiger partial charge >= 0.3 is 12.2 Å². The Balaban J connectivity index is 0.00000225. The van der Waals surface area contributed by atoms with Crippen LogP contribution in [0.25, 0.3) is 0 Å². The fourth-order valence-electron chi connectivity index (χ4n) is 1.07. The lowest BCUT2D eigenvalue weighted by atomic mass is 10.3. The van der Waals surface area contributed by atoms with Crippen LogP contribution in [0.2, 0.25) is 0 Å². The Hall–Kier alpha value is -0.600. The number of alkyl halides is 6. The van der Waals surface area contributed by atoms with E-state index in [0.29, 0.717) is 0 Å². The van der Waals surface area contributed by atoms with Crippen molar-refractivity contribution in [2.24, 2.45) is 0 Å². The van der Waals surface area contributed by atoms with Gasteiger partial charge in [0.15, 0.2) is 0 Å². The van der Waals surface area contributed by atoms with E-state index in [4.69, 9.17) is 0 Å². The van der Waals surface area contributed by atoms with Gasteiger partial charge in [-0.2, -0.15) is 22.0 Å². The van der Waals surface area contributed by atoms with Crippen molar-refractivity contribution in [2.45, 2.75) is 18.4 Å². The molecular formula is C7H9BrF6N2. The van der Waals surface area contributed by atoms with E-state index in [1.54, 1.807) is 0 Å². The summed E-state index contributed by atoms with van der Waals surface area (Å²) in [5.74, 6) is 0. The van der Waals surface area contributed by atoms with Gasteiger partial charge in [-0.15, -0.1) is 17.0 Å². The summed E-state index contributed by atoms with van der Waals surface area (Å²) >= 11 is 0. The Morgan fingerprint density at radius 3 is 1.94 bits per heavy atom. The van der Waals surface area contributed by atoms with Crippen LogP contribution < -0.4 is 0 Å². The Bertz CT molecular complexity index is 266. The fourth-order valence-corrected chi connectivity index (χ4v) is 1.07. The van der Waals surface area contributed by atoms with E-state index in [-0.39, 0.29) is 21.9 Å². The fraction of sp³-hybridized carbons (Fsp3) is 0.714. The van der Waals surface area contributed by atoms with E-state index in [2.05, 4.69) is 0 Å². The summed E-state index contributed by atoms with van der Waals surface area (Å²) in [5, 5.41) is 0. The van der Waals surface area contributed by atoms with Gasteiger partial charge in [0, 0.05) is 19.4 Å². The molecule has 16 heavy (non-hydrogen) atoms. The molecule has 1 unspecified atom stereocenters. The lowest BCUT2D eigenvalue weighted by Crippen LogP contribution is -2.52. The average Bonchev–Trinajstić information content (AvgIpc) is 2.49. The molecule has 96 valence electrons. The monoisotopic (exact) mass is 314 g/mol. The number of halogens is 7. The summed E-state index contributed by atoms with van der Waals surface area (Å²) in [6.07, 6.45) is -7.91. The van der Waals surface area contributed by atoms with Crippen LogP contribution >= 0.6 is 17.0 Å². The molecule has 0 aromatic heterocycles. The van der Waals surface area contributed by atoms with Gasteiger partial charge in [-0.1, -0.05) is 0 Å². The highest BCUT2D eigenvalue weighted by Gasteiger charge is 2.60. The molecule has 9 heteroatoms. The lowest BCUT2D eigenvalue weighted by Gasteiger charge is -2.31. The second-order valence-electron chi connectivity index (χ2n) is 3.16. The molecule has 0 saturated carbocycles. The van der Waals surface area contributed by atoms with Crippen molar-refractivity contribution in [1.29, 1.82) is 0 Å². The SMILES string of the molecule is Br.CN1C=CN(C(F)(F)C(F)C(F)(F)F)C1. The summed E-state index contributed by atoms with van der Waals surface area (Å²) in [7, 11) is 1.38. The largest absolute Gasteiger partial charge is 0.427 e. The first-order chi connectivity index (χ1) is 6.65. The predicted molar refractivity (Wildman–Crippen MR) is 49.8 cm³/mol. The molecule has 0 fully saturated rings. The van der Waals surface area contributed by atoms with Gasteiger partial charge in [-0.3, -0.25) is 4.90 Å². The summed E-state index contributed by atoms with van der Waals surface area (Å²) in [6, 6.07) is -4.58. The topological polar surface area (TPSA) is 6.48 Å². The maximum atomic E-state index is 12.9. The van der Waals surface area contributed by atoms with Gasteiger partial charge in [0.2, 0.25) is 0 Å². The van der Waals surface area contributed by atoms with Crippen molar-refractivity contribution >= 4 is 17.0 Å². The van der Waals surface area contributed by atoms with E-state index >= 15 is 0 Å². The highest BCUT2D eigenvalue weighted by Crippen LogP contribution is 2.38. The van der Waals surface area contributed by atoms with Crippen molar-refractivity contribution in [3.05, 3.63) is 12.4 Å². The summed E-state index contributed by atoms with van der Waals surface area (Å²) in [6.45, 7) is -0.483. The molecule has 0 spiro atoms. The molecule has 1 rings (SSSR count). The predicted octanol–water partition coefficient (Wildman–Crippen LogP) is 2.73. The van der Waals surface area contributed by atoms with Crippen LogP contribution in [0.3, 0.4) is 0 Å². The standard InChI is InChI=1S/C7H8F6N2.BrH/c1-14-2-3-15(4-14)7(12,13)5(8)6(9,10)11;/h2-3,5H,4H2,1H3;1H. The number of rotatable bonds is 2. The van der Waals surface area contributed by atoms with E-state index in [0.717, 1.165) is 12.4 Å². The summed E-state index contributed by atoms with van der Waals surface area (Å²) in [4.78, 5) is 1.21. The first kappa shape index (κ1) is 15.4. The van der Waals surface area contributed by atoms with Crippen molar-refractivity contribution in [1.82, 2.24) is 9.80 Å². The zero-order valence-corrected chi connectivity index (χ0v) is 9.72. The van der Waals surface area contributed by atoms with Crippen molar-refractivity contribution in [2.75, 3.05) is 13.7 Å². The highest BCUT2D eigenvalue weighted by molar-refractivity contribution is 8.93. The molecule has 1 aliphatic heterocycles. The third kappa shape index (κ3) is 2.96. The average molecular weight is 315 g/mol. The summed E-state index contributed by atoms with van der Waals surface area (Å²) < 4.78 is 73.7. The van der Waals surface area contributed by atoms with Crippen LogP contribution in [0.1, 0.15) is 0 Å². The van der Waals surface area contributed by atoms with Crippen LogP contribution in [-0.2, 0) is 0 Å². The van der Waals surface area contributed by atoms with Crippen LogP contribution in [0.4, 0.5) is 26.3 Å². The van der Waals surface area contributed by atoms with Crippen LogP contribution in [0.5, 0.6) is 0 Å². The molecule has 0 N–H and O–H groups in total. The molecule has 0 radical (unpaired) electrons. The molecule has 1 heterocycles. The smallest absolute Gasteiger partial charge is 0.361 e. The zero-order valence-electron chi connectivity index (χ0n) is 8.01. The molecule has 1 aliphatic rings. The van der Waals surface area contributed by atoms with Gasteiger partial charge in [0.1, 0.15) is 0 Å². The third-order valence-electron chi connectivity index (χ3n) is 1.85. The molecule has 0 bridgehead atoms. The minimum absolute atomic E-state index is 0. The highest BCUT2D eigenvalue weighted by atomic mass is 79.9. The Kier molecular flexibility index (Phi) is 4.55. The van der Waals surface area contributed by atoms with E-state index in [1.165, 1.54) is 11.9 Å². The maximum absolute atomic E-state index is 12.9. The van der Waals surface area contributed by atoms with Crippen LogP contribution in [0, 0.1) is 0 Å². The molecule has 0 amide bonds. The van der Waals surface area contributed by atoms with Crippen molar-refractivity contribution < 1.29 is 26.3 Å². The van der Waals surface area contributed by atoms with Crippen LogP contribution in [-0.4, -0.2) is 41.9 Å². The Morgan fingerprint density at radius 1 is 1.12 bits per heavy atom. The molecule has 1 atom stereocenters. The van der Waals surface area contributed by atoms with Gasteiger partial charge in [-0.05, 0) is 0 Å². The second-order valence-corrected chi connectivity index (χ2v) is 3.16. The molecule has 0 aromatic carbocycles. The third-order valence-corrected chi connectivity index (χ3v) is 1.85.